The fourth-order valence-electron chi connectivity index (χ4n) is 2.36. The van der Waals surface area contributed by atoms with Crippen LogP contribution in [0.25, 0.3) is 0 Å². The fraction of sp³-hybridized carbons (Fsp3) is 0.500. The molecule has 88 valence electrons. The van der Waals surface area contributed by atoms with E-state index >= 15 is 0 Å². The van der Waals surface area contributed by atoms with E-state index in [1.807, 2.05) is 0 Å². The summed E-state index contributed by atoms with van der Waals surface area (Å²) in [4.78, 5) is 0. The van der Waals surface area contributed by atoms with Gasteiger partial charge >= 0.3 is 0 Å². The van der Waals surface area contributed by atoms with E-state index in [0.717, 1.165) is 19.0 Å². The molecule has 16 heavy (non-hydrogen) atoms. The molecule has 1 aromatic rings. The Balaban J connectivity index is 2.43. The van der Waals surface area contributed by atoms with E-state index in [1.54, 1.807) is 13.0 Å². The fourth-order valence-corrected chi connectivity index (χ4v) is 2.36. The van der Waals surface area contributed by atoms with E-state index in [4.69, 9.17) is 0 Å². The Bertz CT molecular complexity index is 387. The van der Waals surface area contributed by atoms with Gasteiger partial charge < -0.3 is 10.4 Å². The van der Waals surface area contributed by atoms with Crippen molar-refractivity contribution < 1.29 is 13.9 Å². The van der Waals surface area contributed by atoms with Crippen LogP contribution in [0.4, 0.5) is 8.78 Å². The van der Waals surface area contributed by atoms with Crippen LogP contribution in [-0.2, 0) is 5.41 Å². The van der Waals surface area contributed by atoms with Crippen molar-refractivity contribution in [3.05, 3.63) is 35.4 Å². The lowest BCUT2D eigenvalue weighted by Crippen LogP contribution is -2.39. The van der Waals surface area contributed by atoms with Gasteiger partial charge in [-0.15, -0.1) is 0 Å². The van der Waals surface area contributed by atoms with Crippen molar-refractivity contribution in [3.8, 4) is 0 Å². The van der Waals surface area contributed by atoms with Crippen molar-refractivity contribution in [1.29, 1.82) is 0 Å². The zero-order valence-electron chi connectivity index (χ0n) is 9.13. The Labute approximate surface area is 93.3 Å². The molecule has 0 spiro atoms. The first kappa shape index (κ1) is 11.5. The van der Waals surface area contributed by atoms with Crippen molar-refractivity contribution >= 4 is 0 Å². The molecule has 0 aliphatic carbocycles. The Morgan fingerprint density at radius 2 is 2.12 bits per heavy atom. The first-order valence-electron chi connectivity index (χ1n) is 5.40. The molecule has 0 radical (unpaired) electrons. The van der Waals surface area contributed by atoms with E-state index in [9.17, 15) is 13.9 Å². The zero-order valence-corrected chi connectivity index (χ0v) is 9.13. The topological polar surface area (TPSA) is 32.3 Å². The number of rotatable bonds is 2. The summed E-state index contributed by atoms with van der Waals surface area (Å²) in [6.45, 7) is 3.06. The molecule has 2 rings (SSSR count). The zero-order chi connectivity index (χ0) is 11.8. The average Bonchev–Trinajstić information content (AvgIpc) is 2.72. The molecule has 0 bridgehead atoms. The largest absolute Gasteiger partial charge is 0.392 e. The minimum atomic E-state index is -0.857. The summed E-state index contributed by atoms with van der Waals surface area (Å²) in [6, 6.07) is 3.86. The van der Waals surface area contributed by atoms with Crippen LogP contribution in [0.2, 0.25) is 0 Å². The van der Waals surface area contributed by atoms with Crippen molar-refractivity contribution in [2.75, 3.05) is 13.1 Å². The van der Waals surface area contributed by atoms with Gasteiger partial charge in [0.15, 0.2) is 11.6 Å². The van der Waals surface area contributed by atoms with Crippen molar-refractivity contribution in [2.45, 2.75) is 24.9 Å². The van der Waals surface area contributed by atoms with Gasteiger partial charge in [0.2, 0.25) is 0 Å². The number of hydrogen-bond acceptors (Lipinski definition) is 2. The molecule has 2 atom stereocenters. The second-order valence-corrected chi connectivity index (χ2v) is 4.39. The van der Waals surface area contributed by atoms with Crippen LogP contribution in [0, 0.1) is 11.6 Å². The quantitative estimate of drug-likeness (QED) is 0.804. The van der Waals surface area contributed by atoms with Crippen molar-refractivity contribution in [2.24, 2.45) is 0 Å². The maximum atomic E-state index is 13.2. The van der Waals surface area contributed by atoms with Crippen molar-refractivity contribution in [1.82, 2.24) is 5.32 Å². The second-order valence-electron chi connectivity index (χ2n) is 4.39. The van der Waals surface area contributed by atoms with Crippen molar-refractivity contribution in [3.63, 3.8) is 0 Å². The summed E-state index contributed by atoms with van der Waals surface area (Å²) in [7, 11) is 0. The Kier molecular flexibility index (Phi) is 2.95. The molecule has 0 aromatic heterocycles. The van der Waals surface area contributed by atoms with E-state index in [-0.39, 0.29) is 0 Å². The molecule has 1 aromatic carbocycles. The third-order valence-corrected chi connectivity index (χ3v) is 3.48. The number of halogens is 2. The summed E-state index contributed by atoms with van der Waals surface area (Å²) in [6.07, 6.45) is 0.141. The van der Waals surface area contributed by atoms with Gasteiger partial charge in [-0.05, 0) is 37.6 Å². The highest BCUT2D eigenvalue weighted by Crippen LogP contribution is 2.34. The minimum absolute atomic E-state index is 0.492. The number of aliphatic hydroxyl groups is 1. The van der Waals surface area contributed by atoms with E-state index in [1.165, 1.54) is 6.07 Å². The maximum absolute atomic E-state index is 13.2. The van der Waals surface area contributed by atoms with Crippen LogP contribution < -0.4 is 5.32 Å². The molecule has 0 amide bonds. The van der Waals surface area contributed by atoms with Gasteiger partial charge in [-0.3, -0.25) is 0 Å². The number of aliphatic hydroxyl groups excluding tert-OH is 1. The number of benzene rings is 1. The molecule has 2 N–H and O–H groups in total. The summed E-state index contributed by atoms with van der Waals surface area (Å²) in [5.74, 6) is -1.71. The molecule has 1 aliphatic heterocycles. The highest BCUT2D eigenvalue weighted by atomic mass is 19.2. The van der Waals surface area contributed by atoms with Crippen LogP contribution in [0.1, 0.15) is 18.9 Å². The summed E-state index contributed by atoms with van der Waals surface area (Å²) in [5.41, 5.74) is 0.167. The SMILES string of the molecule is CC(O)C1(c2ccc(F)c(F)c2)CCNC1. The maximum Gasteiger partial charge on any atom is 0.159 e. The molecule has 0 saturated carbocycles. The van der Waals surface area contributed by atoms with Crippen LogP contribution >= 0.6 is 0 Å². The lowest BCUT2D eigenvalue weighted by Gasteiger charge is -2.32. The standard InChI is InChI=1S/C12H15F2NO/c1-8(16)12(4-5-15-7-12)9-2-3-10(13)11(14)6-9/h2-3,6,8,15-16H,4-5,7H2,1H3. The highest BCUT2D eigenvalue weighted by Gasteiger charge is 2.40. The molecule has 2 unspecified atom stereocenters. The van der Waals surface area contributed by atoms with Gasteiger partial charge in [0.05, 0.1) is 6.10 Å². The summed E-state index contributed by atoms with van der Waals surface area (Å²) < 4.78 is 26.0. The van der Waals surface area contributed by atoms with Crippen LogP contribution in [0.15, 0.2) is 18.2 Å². The Hall–Kier alpha value is -1.00. The molecular formula is C12H15F2NO. The Morgan fingerprint density at radius 1 is 1.38 bits per heavy atom. The van der Waals surface area contributed by atoms with Gasteiger partial charge in [-0.1, -0.05) is 6.07 Å². The summed E-state index contributed by atoms with van der Waals surface area (Å²) >= 11 is 0. The molecule has 1 heterocycles. The first-order chi connectivity index (χ1) is 7.56. The van der Waals surface area contributed by atoms with Crippen LogP contribution in [0.5, 0.6) is 0 Å². The third-order valence-electron chi connectivity index (χ3n) is 3.48. The lowest BCUT2D eigenvalue weighted by molar-refractivity contribution is 0.107. The van der Waals surface area contributed by atoms with Gasteiger partial charge in [-0.2, -0.15) is 0 Å². The highest BCUT2D eigenvalue weighted by molar-refractivity contribution is 5.30. The monoisotopic (exact) mass is 227 g/mol. The van der Waals surface area contributed by atoms with Gasteiger partial charge in [0.1, 0.15) is 0 Å². The molecule has 2 nitrogen and oxygen atoms in total. The smallest absolute Gasteiger partial charge is 0.159 e. The van der Waals surface area contributed by atoms with Gasteiger partial charge in [0, 0.05) is 12.0 Å². The lowest BCUT2D eigenvalue weighted by atomic mass is 9.75. The number of hydrogen-bond donors (Lipinski definition) is 2. The third kappa shape index (κ3) is 1.72. The molecule has 4 heteroatoms. The molecule has 1 aliphatic rings. The summed E-state index contributed by atoms with van der Waals surface area (Å²) in [5, 5.41) is 13.0. The normalized spacial score (nSPS) is 27.0. The molecule has 1 fully saturated rings. The molecule has 1 saturated heterocycles. The second kappa shape index (κ2) is 4.11. The predicted molar refractivity (Wildman–Crippen MR) is 57.2 cm³/mol. The molecular weight excluding hydrogens is 212 g/mol. The van der Waals surface area contributed by atoms with Crippen LogP contribution in [-0.4, -0.2) is 24.3 Å². The first-order valence-corrected chi connectivity index (χ1v) is 5.40. The van der Waals surface area contributed by atoms with E-state index in [0.29, 0.717) is 12.1 Å². The minimum Gasteiger partial charge on any atom is -0.392 e. The van der Waals surface area contributed by atoms with Crippen LogP contribution in [0.3, 0.4) is 0 Å². The van der Waals surface area contributed by atoms with E-state index in [2.05, 4.69) is 5.32 Å². The predicted octanol–water partition coefficient (Wildman–Crippen LogP) is 1.58. The Morgan fingerprint density at radius 3 is 2.62 bits per heavy atom. The average molecular weight is 227 g/mol. The number of nitrogens with one attached hydrogen (secondary N) is 1. The van der Waals surface area contributed by atoms with Gasteiger partial charge in [-0.25, -0.2) is 8.78 Å². The van der Waals surface area contributed by atoms with Gasteiger partial charge in [0.25, 0.3) is 0 Å². The van der Waals surface area contributed by atoms with E-state index < -0.39 is 23.2 Å².